The Hall–Kier alpha value is -2.56. The number of amides is 1. The fourth-order valence-electron chi connectivity index (χ4n) is 2.82. The Labute approximate surface area is 157 Å². The molecule has 1 N–H and O–H groups in total. The molecule has 0 bridgehead atoms. The summed E-state index contributed by atoms with van der Waals surface area (Å²) in [6.07, 6.45) is 0.862. The van der Waals surface area contributed by atoms with E-state index in [1.807, 2.05) is 18.2 Å². The number of anilines is 1. The first kappa shape index (κ1) is 18.2. The van der Waals surface area contributed by atoms with Gasteiger partial charge in [-0.05, 0) is 30.8 Å². The molecule has 1 aromatic carbocycles. The zero-order chi connectivity index (χ0) is 18.5. The predicted molar refractivity (Wildman–Crippen MR) is 101 cm³/mol. The summed E-state index contributed by atoms with van der Waals surface area (Å²) in [4.78, 5) is 19.1. The molecule has 0 saturated carbocycles. The van der Waals surface area contributed by atoms with Crippen molar-refractivity contribution in [2.45, 2.75) is 18.0 Å². The van der Waals surface area contributed by atoms with Gasteiger partial charge >= 0.3 is 0 Å². The second kappa shape index (κ2) is 8.21. The standard InChI is InChI=1S/C19H20N4O2S/c1-23-7-6-17-14(11-23)8-13(10-20)19(22-17)26-12-18(24)21-15-4-3-5-16(9-15)25-2/h3-5,8-9H,6-7,11-12H2,1-2H3,(H,21,24). The zero-order valence-corrected chi connectivity index (χ0v) is 15.6. The monoisotopic (exact) mass is 368 g/mol. The predicted octanol–water partition coefficient (Wildman–Crippen LogP) is 2.68. The fourth-order valence-corrected chi connectivity index (χ4v) is 3.59. The van der Waals surface area contributed by atoms with Crippen LogP contribution in [-0.2, 0) is 17.8 Å². The molecule has 3 rings (SSSR count). The van der Waals surface area contributed by atoms with Crippen molar-refractivity contribution in [3.8, 4) is 11.8 Å². The van der Waals surface area contributed by atoms with Crippen molar-refractivity contribution in [3.63, 3.8) is 0 Å². The summed E-state index contributed by atoms with van der Waals surface area (Å²) in [5, 5.41) is 12.9. The van der Waals surface area contributed by atoms with E-state index in [1.54, 1.807) is 19.2 Å². The maximum absolute atomic E-state index is 12.2. The molecule has 2 heterocycles. The van der Waals surface area contributed by atoms with E-state index in [0.717, 1.165) is 30.8 Å². The van der Waals surface area contributed by atoms with Gasteiger partial charge in [0.25, 0.3) is 0 Å². The maximum atomic E-state index is 12.2. The van der Waals surface area contributed by atoms with Crippen molar-refractivity contribution in [1.82, 2.24) is 9.88 Å². The van der Waals surface area contributed by atoms with E-state index < -0.39 is 0 Å². The molecule has 1 amide bonds. The third-order valence-corrected chi connectivity index (χ3v) is 5.13. The Kier molecular flexibility index (Phi) is 5.76. The molecule has 26 heavy (non-hydrogen) atoms. The number of ether oxygens (including phenoxy) is 1. The summed E-state index contributed by atoms with van der Waals surface area (Å²) >= 11 is 1.29. The van der Waals surface area contributed by atoms with Crippen molar-refractivity contribution in [3.05, 3.63) is 47.2 Å². The second-order valence-corrected chi connectivity index (χ2v) is 7.08. The number of nitrogens with one attached hydrogen (secondary N) is 1. The minimum absolute atomic E-state index is 0.147. The topological polar surface area (TPSA) is 78.2 Å². The van der Waals surface area contributed by atoms with Gasteiger partial charge < -0.3 is 15.0 Å². The van der Waals surface area contributed by atoms with Gasteiger partial charge in [-0.1, -0.05) is 17.8 Å². The molecule has 7 heteroatoms. The first-order valence-electron chi connectivity index (χ1n) is 8.27. The molecule has 0 unspecified atom stereocenters. The van der Waals surface area contributed by atoms with Gasteiger partial charge in [-0.15, -0.1) is 0 Å². The van der Waals surface area contributed by atoms with Gasteiger partial charge in [-0.2, -0.15) is 5.26 Å². The summed E-state index contributed by atoms with van der Waals surface area (Å²) in [7, 11) is 3.64. The minimum atomic E-state index is -0.147. The first-order chi connectivity index (χ1) is 12.6. The highest BCUT2D eigenvalue weighted by Gasteiger charge is 2.18. The number of likely N-dealkylation sites (N-methyl/N-ethyl adjacent to an activating group) is 1. The van der Waals surface area contributed by atoms with E-state index in [4.69, 9.17) is 4.74 Å². The molecule has 0 spiro atoms. The van der Waals surface area contributed by atoms with Gasteiger partial charge in [-0.3, -0.25) is 4.79 Å². The van der Waals surface area contributed by atoms with Crippen LogP contribution in [0.1, 0.15) is 16.8 Å². The van der Waals surface area contributed by atoms with E-state index in [9.17, 15) is 10.1 Å². The lowest BCUT2D eigenvalue weighted by Crippen LogP contribution is -2.27. The number of pyridine rings is 1. The van der Waals surface area contributed by atoms with Gasteiger partial charge in [0.2, 0.25) is 5.91 Å². The lowest BCUT2D eigenvalue weighted by molar-refractivity contribution is -0.113. The first-order valence-corrected chi connectivity index (χ1v) is 9.25. The summed E-state index contributed by atoms with van der Waals surface area (Å²) in [5.74, 6) is 0.729. The Morgan fingerprint density at radius 2 is 2.31 bits per heavy atom. The van der Waals surface area contributed by atoms with Gasteiger partial charge in [0.1, 0.15) is 16.8 Å². The fraction of sp³-hybridized carbons (Fsp3) is 0.316. The number of nitrogens with zero attached hydrogens (tertiary/aromatic N) is 3. The van der Waals surface area contributed by atoms with Crippen LogP contribution in [-0.4, -0.2) is 42.2 Å². The van der Waals surface area contributed by atoms with Gasteiger partial charge in [0.15, 0.2) is 0 Å². The Morgan fingerprint density at radius 3 is 3.08 bits per heavy atom. The quantitative estimate of drug-likeness (QED) is 0.818. The molecule has 0 aliphatic carbocycles. The van der Waals surface area contributed by atoms with Crippen LogP contribution in [0.2, 0.25) is 0 Å². The zero-order valence-electron chi connectivity index (χ0n) is 14.8. The van der Waals surface area contributed by atoms with Crippen LogP contribution < -0.4 is 10.1 Å². The Balaban J connectivity index is 1.67. The number of thioether (sulfide) groups is 1. The molecule has 134 valence electrons. The minimum Gasteiger partial charge on any atom is -0.497 e. The Morgan fingerprint density at radius 1 is 1.46 bits per heavy atom. The number of methoxy groups -OCH3 is 1. The number of nitriles is 1. The number of carbonyl (C=O) groups is 1. The van der Waals surface area contributed by atoms with Crippen molar-refractivity contribution < 1.29 is 9.53 Å². The summed E-state index contributed by atoms with van der Waals surface area (Å²) in [6.45, 7) is 1.75. The van der Waals surface area contributed by atoms with Crippen molar-refractivity contribution in [2.75, 3.05) is 31.8 Å². The largest absolute Gasteiger partial charge is 0.497 e. The number of fused-ring (bicyclic) bond motifs is 1. The number of carbonyl (C=O) groups excluding carboxylic acids is 1. The van der Waals surface area contributed by atoms with Crippen LogP contribution in [0.25, 0.3) is 0 Å². The third-order valence-electron chi connectivity index (χ3n) is 4.14. The maximum Gasteiger partial charge on any atom is 0.234 e. The van der Waals surface area contributed by atoms with Crippen LogP contribution >= 0.6 is 11.8 Å². The smallest absolute Gasteiger partial charge is 0.234 e. The van der Waals surface area contributed by atoms with Gasteiger partial charge in [0.05, 0.1) is 18.4 Å². The van der Waals surface area contributed by atoms with E-state index in [-0.39, 0.29) is 11.7 Å². The van der Waals surface area contributed by atoms with E-state index in [2.05, 4.69) is 28.3 Å². The second-order valence-electron chi connectivity index (χ2n) is 6.12. The number of hydrogen-bond acceptors (Lipinski definition) is 6. The number of benzene rings is 1. The molecule has 0 saturated heterocycles. The molecule has 1 aliphatic rings. The van der Waals surface area contributed by atoms with Gasteiger partial charge in [-0.25, -0.2) is 4.98 Å². The normalized spacial score (nSPS) is 13.6. The van der Waals surface area contributed by atoms with Crippen LogP contribution in [0, 0.1) is 11.3 Å². The van der Waals surface area contributed by atoms with Crippen LogP contribution in [0.5, 0.6) is 5.75 Å². The highest BCUT2D eigenvalue weighted by molar-refractivity contribution is 8.00. The van der Waals surface area contributed by atoms with E-state index >= 15 is 0 Å². The summed E-state index contributed by atoms with van der Waals surface area (Å²) in [5.41, 5.74) is 3.33. The third kappa shape index (κ3) is 4.34. The molecule has 6 nitrogen and oxygen atoms in total. The highest BCUT2D eigenvalue weighted by Crippen LogP contribution is 2.26. The van der Waals surface area contributed by atoms with Crippen LogP contribution in [0.15, 0.2) is 35.4 Å². The molecular formula is C19H20N4O2S. The molecule has 0 radical (unpaired) electrons. The van der Waals surface area contributed by atoms with Crippen LogP contribution in [0.4, 0.5) is 5.69 Å². The number of rotatable bonds is 5. The van der Waals surface area contributed by atoms with Crippen LogP contribution in [0.3, 0.4) is 0 Å². The molecule has 1 aliphatic heterocycles. The summed E-state index contributed by atoms with van der Waals surface area (Å²) < 4.78 is 5.15. The summed E-state index contributed by atoms with van der Waals surface area (Å²) in [6, 6.07) is 11.3. The molecule has 2 aromatic rings. The van der Waals surface area contributed by atoms with Crippen molar-refractivity contribution in [1.29, 1.82) is 5.26 Å². The molecular weight excluding hydrogens is 348 g/mol. The van der Waals surface area contributed by atoms with E-state index in [1.165, 1.54) is 11.8 Å². The lowest BCUT2D eigenvalue weighted by Gasteiger charge is -2.24. The average Bonchev–Trinajstić information content (AvgIpc) is 2.65. The average molecular weight is 368 g/mol. The molecule has 0 atom stereocenters. The SMILES string of the molecule is COc1cccc(NC(=O)CSc2nc3c(cc2C#N)CN(C)CC3)c1. The van der Waals surface area contributed by atoms with Gasteiger partial charge in [0, 0.05) is 37.0 Å². The molecule has 1 aromatic heterocycles. The highest BCUT2D eigenvalue weighted by atomic mass is 32.2. The van der Waals surface area contributed by atoms with Crippen molar-refractivity contribution >= 4 is 23.4 Å². The number of aromatic nitrogens is 1. The Bertz CT molecular complexity index is 863. The van der Waals surface area contributed by atoms with E-state index in [0.29, 0.717) is 22.0 Å². The molecule has 0 fully saturated rings. The number of hydrogen-bond donors (Lipinski definition) is 1. The lowest BCUT2D eigenvalue weighted by atomic mass is 10.0. The van der Waals surface area contributed by atoms with Crippen molar-refractivity contribution in [2.24, 2.45) is 0 Å².